The lowest BCUT2D eigenvalue weighted by Crippen LogP contribution is -1.98. The van der Waals surface area contributed by atoms with Crippen molar-refractivity contribution >= 4 is 0 Å². The number of rotatable bonds is 4. The Kier molecular flexibility index (Phi) is 3.98. The zero-order valence-electron chi connectivity index (χ0n) is 8.50. The van der Waals surface area contributed by atoms with Gasteiger partial charge in [-0.25, -0.2) is 8.78 Å². The number of nitrogens with zero attached hydrogens (tertiary/aromatic N) is 1. The molecule has 0 N–H and O–H groups in total. The van der Waals surface area contributed by atoms with Crippen LogP contribution in [0.15, 0.2) is 18.3 Å². The first kappa shape index (κ1) is 11.1. The Balaban J connectivity index is 2.82. The predicted molar refractivity (Wildman–Crippen MR) is 52.5 cm³/mol. The molecule has 0 aliphatic rings. The zero-order chi connectivity index (χ0) is 10.6. The maximum atomic E-state index is 12.4. The molecule has 1 unspecified atom stereocenters. The lowest BCUT2D eigenvalue weighted by molar-refractivity contribution is 0.151. The molecule has 1 nitrogen and oxygen atoms in total. The van der Waals surface area contributed by atoms with Crippen molar-refractivity contribution in [1.29, 1.82) is 0 Å². The van der Waals surface area contributed by atoms with Gasteiger partial charge in [-0.15, -0.1) is 0 Å². The minimum atomic E-state index is -2.40. The molecule has 1 aromatic heterocycles. The van der Waals surface area contributed by atoms with Crippen molar-refractivity contribution in [2.75, 3.05) is 0 Å². The summed E-state index contributed by atoms with van der Waals surface area (Å²) in [5.41, 5.74) is 0.836. The van der Waals surface area contributed by atoms with Gasteiger partial charge in [0.25, 0.3) is 6.43 Å². The van der Waals surface area contributed by atoms with Crippen LogP contribution in [0, 0.1) is 0 Å². The van der Waals surface area contributed by atoms with E-state index in [1.807, 2.05) is 6.92 Å². The summed E-state index contributed by atoms with van der Waals surface area (Å²) < 4.78 is 24.7. The highest BCUT2D eigenvalue weighted by atomic mass is 19.3. The van der Waals surface area contributed by atoms with Gasteiger partial charge >= 0.3 is 0 Å². The summed E-state index contributed by atoms with van der Waals surface area (Å²) in [7, 11) is 0. The number of alkyl halides is 2. The van der Waals surface area contributed by atoms with Crippen molar-refractivity contribution in [3.63, 3.8) is 0 Å². The molecule has 1 rings (SSSR count). The second kappa shape index (κ2) is 5.03. The van der Waals surface area contributed by atoms with Crippen LogP contribution >= 0.6 is 0 Å². The SMILES string of the molecule is CCCC(C)c1cc(C(F)F)ccn1. The van der Waals surface area contributed by atoms with E-state index < -0.39 is 6.43 Å². The molecule has 1 aromatic rings. The topological polar surface area (TPSA) is 12.9 Å². The van der Waals surface area contributed by atoms with Crippen LogP contribution in [0.4, 0.5) is 8.78 Å². The Morgan fingerprint density at radius 1 is 1.43 bits per heavy atom. The molecule has 0 saturated carbocycles. The summed E-state index contributed by atoms with van der Waals surface area (Å²) in [5.74, 6) is 0.263. The van der Waals surface area contributed by atoms with Gasteiger partial charge < -0.3 is 0 Å². The standard InChI is InChI=1S/C11H15F2N/c1-3-4-8(2)10-7-9(11(12)13)5-6-14-10/h5-8,11H,3-4H2,1-2H3. The van der Waals surface area contributed by atoms with Crippen LogP contribution in [0.3, 0.4) is 0 Å². The largest absolute Gasteiger partial charge is 0.263 e. The fourth-order valence-corrected chi connectivity index (χ4v) is 1.45. The predicted octanol–water partition coefficient (Wildman–Crippen LogP) is 3.92. The van der Waals surface area contributed by atoms with Gasteiger partial charge in [0.1, 0.15) is 0 Å². The van der Waals surface area contributed by atoms with Crippen molar-refractivity contribution in [2.24, 2.45) is 0 Å². The van der Waals surface area contributed by atoms with Crippen molar-refractivity contribution in [1.82, 2.24) is 4.98 Å². The third-order valence-electron chi connectivity index (χ3n) is 2.28. The smallest absolute Gasteiger partial charge is 0.261 e. The van der Waals surface area contributed by atoms with E-state index in [4.69, 9.17) is 0 Å². The average molecular weight is 199 g/mol. The third-order valence-corrected chi connectivity index (χ3v) is 2.28. The quantitative estimate of drug-likeness (QED) is 0.716. The second-order valence-electron chi connectivity index (χ2n) is 3.50. The summed E-state index contributed by atoms with van der Waals surface area (Å²) in [5, 5.41) is 0. The van der Waals surface area contributed by atoms with E-state index in [0.29, 0.717) is 0 Å². The normalized spacial score (nSPS) is 13.2. The van der Waals surface area contributed by atoms with Crippen LogP contribution in [-0.4, -0.2) is 4.98 Å². The molecule has 0 fully saturated rings. The van der Waals surface area contributed by atoms with E-state index >= 15 is 0 Å². The highest BCUT2D eigenvalue weighted by Gasteiger charge is 2.11. The number of halogens is 2. The van der Waals surface area contributed by atoms with Crippen molar-refractivity contribution in [2.45, 2.75) is 39.0 Å². The van der Waals surface area contributed by atoms with Gasteiger partial charge in [-0.1, -0.05) is 20.3 Å². The van der Waals surface area contributed by atoms with Gasteiger partial charge in [-0.3, -0.25) is 4.98 Å². The van der Waals surface area contributed by atoms with Gasteiger partial charge in [0.2, 0.25) is 0 Å². The summed E-state index contributed by atoms with van der Waals surface area (Å²) in [4.78, 5) is 4.11. The number of hydrogen-bond acceptors (Lipinski definition) is 1. The molecule has 78 valence electrons. The average Bonchev–Trinajstić information content (AvgIpc) is 2.18. The number of pyridine rings is 1. The van der Waals surface area contributed by atoms with Crippen LogP contribution in [0.5, 0.6) is 0 Å². The minimum absolute atomic E-state index is 0.0675. The molecule has 0 saturated heterocycles. The van der Waals surface area contributed by atoms with Crippen molar-refractivity contribution in [3.8, 4) is 0 Å². The molecule has 0 aliphatic heterocycles. The molecule has 0 radical (unpaired) electrons. The first-order valence-electron chi connectivity index (χ1n) is 4.89. The Morgan fingerprint density at radius 3 is 2.71 bits per heavy atom. The van der Waals surface area contributed by atoms with Crippen molar-refractivity contribution < 1.29 is 8.78 Å². The molecule has 3 heteroatoms. The highest BCUT2D eigenvalue weighted by molar-refractivity contribution is 5.19. The number of hydrogen-bond donors (Lipinski definition) is 0. The van der Waals surface area contributed by atoms with E-state index in [-0.39, 0.29) is 11.5 Å². The molecule has 14 heavy (non-hydrogen) atoms. The van der Waals surface area contributed by atoms with E-state index in [2.05, 4.69) is 11.9 Å². The molecule has 0 aromatic carbocycles. The molecule has 0 bridgehead atoms. The van der Waals surface area contributed by atoms with E-state index in [1.54, 1.807) is 0 Å². The monoisotopic (exact) mass is 199 g/mol. The molecule has 0 amide bonds. The van der Waals surface area contributed by atoms with Gasteiger partial charge in [0, 0.05) is 17.5 Å². The second-order valence-corrected chi connectivity index (χ2v) is 3.50. The molecule has 1 heterocycles. The summed E-state index contributed by atoms with van der Waals surface area (Å²) in [6.07, 6.45) is 1.09. The molecule has 0 aliphatic carbocycles. The van der Waals surface area contributed by atoms with Crippen LogP contribution in [-0.2, 0) is 0 Å². The van der Waals surface area contributed by atoms with Gasteiger partial charge in [-0.05, 0) is 24.5 Å². The Morgan fingerprint density at radius 2 is 2.14 bits per heavy atom. The number of aromatic nitrogens is 1. The Hall–Kier alpha value is -0.990. The van der Waals surface area contributed by atoms with Crippen LogP contribution in [0.1, 0.15) is 50.3 Å². The van der Waals surface area contributed by atoms with Crippen LogP contribution in [0.2, 0.25) is 0 Å². The molecule has 1 atom stereocenters. The summed E-state index contributed by atoms with van der Waals surface area (Å²) >= 11 is 0. The van der Waals surface area contributed by atoms with Gasteiger partial charge in [0.05, 0.1) is 0 Å². The first-order chi connectivity index (χ1) is 6.65. The minimum Gasteiger partial charge on any atom is -0.261 e. The lowest BCUT2D eigenvalue weighted by Gasteiger charge is -2.10. The van der Waals surface area contributed by atoms with Crippen molar-refractivity contribution in [3.05, 3.63) is 29.6 Å². The van der Waals surface area contributed by atoms with Gasteiger partial charge in [-0.2, -0.15) is 0 Å². The lowest BCUT2D eigenvalue weighted by atomic mass is 10.0. The summed E-state index contributed by atoms with van der Waals surface area (Å²) in [6, 6.07) is 2.87. The Labute approximate surface area is 83.2 Å². The Bertz CT molecular complexity index is 286. The molecular formula is C11H15F2N. The molecule has 0 spiro atoms. The fourth-order valence-electron chi connectivity index (χ4n) is 1.45. The van der Waals surface area contributed by atoms with Crippen LogP contribution < -0.4 is 0 Å². The molecular weight excluding hydrogens is 184 g/mol. The maximum Gasteiger partial charge on any atom is 0.263 e. The van der Waals surface area contributed by atoms with E-state index in [9.17, 15) is 8.78 Å². The highest BCUT2D eigenvalue weighted by Crippen LogP contribution is 2.23. The van der Waals surface area contributed by atoms with Gasteiger partial charge in [0.15, 0.2) is 0 Å². The van der Waals surface area contributed by atoms with E-state index in [0.717, 1.165) is 18.5 Å². The maximum absolute atomic E-state index is 12.4. The van der Waals surface area contributed by atoms with E-state index in [1.165, 1.54) is 18.3 Å². The third kappa shape index (κ3) is 2.76. The van der Waals surface area contributed by atoms with Crippen LogP contribution in [0.25, 0.3) is 0 Å². The first-order valence-corrected chi connectivity index (χ1v) is 4.89. The zero-order valence-corrected chi connectivity index (χ0v) is 8.50. The summed E-state index contributed by atoms with van der Waals surface area (Å²) in [6.45, 7) is 4.09. The fraction of sp³-hybridized carbons (Fsp3) is 0.545.